The Hall–Kier alpha value is -1.89. The fourth-order valence-corrected chi connectivity index (χ4v) is 4.38. The van der Waals surface area contributed by atoms with Crippen LogP contribution in [0.4, 0.5) is 17.5 Å². The Morgan fingerprint density at radius 2 is 1.86 bits per heavy atom. The molecule has 2 aliphatic rings. The van der Waals surface area contributed by atoms with E-state index in [0.29, 0.717) is 25.6 Å². The van der Waals surface area contributed by atoms with Crippen molar-refractivity contribution in [3.8, 4) is 5.88 Å². The second-order valence-electron chi connectivity index (χ2n) is 6.89. The first-order valence-corrected chi connectivity index (χ1v) is 11.4. The quantitative estimate of drug-likeness (QED) is 0.341. The summed E-state index contributed by atoms with van der Waals surface area (Å²) in [5, 5.41) is 15.1. The second kappa shape index (κ2) is 9.07. The first-order chi connectivity index (χ1) is 13.4. The number of rotatable bonds is 7. The lowest BCUT2D eigenvalue weighted by Crippen LogP contribution is -2.45. The van der Waals surface area contributed by atoms with Crippen molar-refractivity contribution in [3.05, 3.63) is 10.1 Å². The van der Waals surface area contributed by atoms with Crippen LogP contribution in [0, 0.1) is 10.1 Å². The number of hydrogen-bond acceptors (Lipinski definition) is 10. The number of unbranched alkanes of at least 4 members (excludes halogenated alkanes) is 1. The van der Waals surface area contributed by atoms with Crippen molar-refractivity contribution < 1.29 is 18.8 Å². The highest BCUT2D eigenvalue weighted by Gasteiger charge is 2.34. The molecule has 0 unspecified atom stereocenters. The minimum absolute atomic E-state index is 0.0193. The third kappa shape index (κ3) is 4.93. The summed E-state index contributed by atoms with van der Waals surface area (Å²) in [6.07, 6.45) is 1.67. The van der Waals surface area contributed by atoms with Gasteiger partial charge in [0, 0.05) is 39.3 Å². The van der Waals surface area contributed by atoms with Gasteiger partial charge in [-0.25, -0.2) is 0 Å². The van der Waals surface area contributed by atoms with Crippen molar-refractivity contribution in [1.29, 1.82) is 0 Å². The van der Waals surface area contributed by atoms with E-state index >= 15 is 0 Å². The van der Waals surface area contributed by atoms with Crippen LogP contribution in [0.3, 0.4) is 0 Å². The lowest BCUT2D eigenvalue weighted by molar-refractivity contribution is -0.385. The van der Waals surface area contributed by atoms with Gasteiger partial charge in [0.25, 0.3) is 0 Å². The predicted molar refractivity (Wildman–Crippen MR) is 109 cm³/mol. The summed E-state index contributed by atoms with van der Waals surface area (Å²) in [5.41, 5.74) is -0.256. The Labute approximate surface area is 165 Å². The number of aromatic nitrogens is 2. The van der Waals surface area contributed by atoms with E-state index in [2.05, 4.69) is 15.3 Å². The van der Waals surface area contributed by atoms with Crippen LogP contribution in [0.5, 0.6) is 5.88 Å². The number of nitrogens with one attached hydrogen (secondary N) is 1. The third-order valence-electron chi connectivity index (χ3n) is 4.82. The van der Waals surface area contributed by atoms with E-state index < -0.39 is 15.5 Å². The first kappa shape index (κ1) is 20.8. The molecule has 158 valence electrons. The lowest BCUT2D eigenvalue weighted by Gasteiger charge is -2.41. The van der Waals surface area contributed by atoms with Crippen molar-refractivity contribution in [3.63, 3.8) is 0 Å². The SMILES string of the molecule is CCCCOc1nc(N2CCNCC2)nc(N2CCS(O)(O)CC2)c1[N+](=O)[O-]. The predicted octanol–water partition coefficient (Wildman–Crippen LogP) is 1.54. The number of hydrogen-bond donors (Lipinski definition) is 3. The van der Waals surface area contributed by atoms with Gasteiger partial charge in [0.05, 0.1) is 23.0 Å². The van der Waals surface area contributed by atoms with Crippen LogP contribution < -0.4 is 19.9 Å². The molecular weight excluding hydrogens is 388 g/mol. The third-order valence-corrected chi connectivity index (χ3v) is 6.49. The minimum Gasteiger partial charge on any atom is -0.473 e. The maximum atomic E-state index is 11.8. The molecule has 28 heavy (non-hydrogen) atoms. The molecule has 2 aliphatic heterocycles. The van der Waals surface area contributed by atoms with Crippen molar-refractivity contribution in [2.24, 2.45) is 0 Å². The van der Waals surface area contributed by atoms with Crippen LogP contribution in [0.1, 0.15) is 19.8 Å². The molecule has 0 spiro atoms. The first-order valence-electron chi connectivity index (χ1n) is 9.54. The average molecular weight is 417 g/mol. The van der Waals surface area contributed by atoms with Gasteiger partial charge in [0.15, 0.2) is 0 Å². The molecule has 0 aromatic carbocycles. The summed E-state index contributed by atoms with van der Waals surface area (Å²) in [6, 6.07) is 0. The van der Waals surface area contributed by atoms with Crippen molar-refractivity contribution in [1.82, 2.24) is 15.3 Å². The van der Waals surface area contributed by atoms with Gasteiger partial charge in [0.1, 0.15) is 0 Å². The largest absolute Gasteiger partial charge is 0.473 e. The van der Waals surface area contributed by atoms with Crippen LogP contribution in [0.25, 0.3) is 0 Å². The summed E-state index contributed by atoms with van der Waals surface area (Å²) >= 11 is 0. The number of anilines is 2. The van der Waals surface area contributed by atoms with E-state index in [9.17, 15) is 19.2 Å². The van der Waals surface area contributed by atoms with E-state index in [1.807, 2.05) is 11.8 Å². The fraction of sp³-hybridized carbons (Fsp3) is 0.750. The van der Waals surface area contributed by atoms with E-state index in [0.717, 1.165) is 25.9 Å². The highest BCUT2D eigenvalue weighted by atomic mass is 32.3. The Morgan fingerprint density at radius 3 is 2.46 bits per heavy atom. The molecule has 0 amide bonds. The number of nitrogens with zero attached hydrogens (tertiary/aromatic N) is 5. The summed E-state index contributed by atoms with van der Waals surface area (Å²) in [7, 11) is -2.62. The fourth-order valence-electron chi connectivity index (χ4n) is 3.15. The lowest BCUT2D eigenvalue weighted by atomic mass is 10.3. The molecule has 3 rings (SSSR count). The van der Waals surface area contributed by atoms with Gasteiger partial charge in [0.2, 0.25) is 11.8 Å². The van der Waals surface area contributed by atoms with Gasteiger partial charge in [-0.05, 0) is 6.42 Å². The van der Waals surface area contributed by atoms with Gasteiger partial charge in [-0.1, -0.05) is 13.3 Å². The molecule has 11 nitrogen and oxygen atoms in total. The Balaban J connectivity index is 1.98. The van der Waals surface area contributed by atoms with Gasteiger partial charge < -0.3 is 19.9 Å². The standard InChI is InChI=1S/C16H28N6O5S/c1-2-3-10-27-15-13(22(23)24)14(20-8-11-28(25,26)12-9-20)18-16(19-15)21-6-4-17-5-7-21/h17,25-26H,2-12H2,1H3. The second-order valence-corrected chi connectivity index (χ2v) is 9.32. The van der Waals surface area contributed by atoms with Crippen LogP contribution in [0.15, 0.2) is 0 Å². The topological polar surface area (TPSA) is 137 Å². The molecule has 1 aromatic heterocycles. The summed E-state index contributed by atoms with van der Waals surface area (Å²) in [4.78, 5) is 23.9. The van der Waals surface area contributed by atoms with E-state index in [4.69, 9.17) is 4.74 Å². The molecule has 12 heteroatoms. The molecule has 0 radical (unpaired) electrons. The van der Waals surface area contributed by atoms with Crippen molar-refractivity contribution in [2.75, 3.05) is 67.2 Å². The summed E-state index contributed by atoms with van der Waals surface area (Å²) in [6.45, 7) is 5.90. The molecule has 0 saturated carbocycles. The smallest absolute Gasteiger partial charge is 0.373 e. The maximum Gasteiger partial charge on any atom is 0.373 e. The molecule has 2 fully saturated rings. The molecule has 0 aliphatic carbocycles. The van der Waals surface area contributed by atoms with Gasteiger partial charge in [-0.3, -0.25) is 19.2 Å². The van der Waals surface area contributed by atoms with Crippen LogP contribution in [-0.2, 0) is 0 Å². The van der Waals surface area contributed by atoms with Crippen molar-refractivity contribution >= 4 is 28.0 Å². The highest BCUT2D eigenvalue weighted by molar-refractivity contribution is 8.24. The highest BCUT2D eigenvalue weighted by Crippen LogP contribution is 2.43. The van der Waals surface area contributed by atoms with Crippen molar-refractivity contribution in [2.45, 2.75) is 19.8 Å². The zero-order valence-corrected chi connectivity index (χ0v) is 16.9. The zero-order valence-electron chi connectivity index (χ0n) is 16.0. The molecular formula is C16H28N6O5S. The average Bonchev–Trinajstić information content (AvgIpc) is 2.68. The van der Waals surface area contributed by atoms with E-state index in [1.165, 1.54) is 0 Å². The minimum atomic E-state index is -2.62. The molecule has 3 heterocycles. The molecule has 0 bridgehead atoms. The number of piperazine rings is 1. The Morgan fingerprint density at radius 1 is 1.18 bits per heavy atom. The number of nitro groups is 1. The summed E-state index contributed by atoms with van der Waals surface area (Å²) in [5.74, 6) is 0.918. The van der Waals surface area contributed by atoms with Crippen LogP contribution in [0.2, 0.25) is 0 Å². The zero-order chi connectivity index (χ0) is 20.1. The monoisotopic (exact) mass is 416 g/mol. The summed E-state index contributed by atoms with van der Waals surface area (Å²) < 4.78 is 25.4. The van der Waals surface area contributed by atoms with Crippen LogP contribution in [-0.4, -0.2) is 81.4 Å². The number of ether oxygens (including phenoxy) is 1. The molecule has 3 N–H and O–H groups in total. The molecule has 2 saturated heterocycles. The normalized spacial score (nSPS) is 20.7. The van der Waals surface area contributed by atoms with Crippen LogP contribution >= 0.6 is 10.6 Å². The Bertz CT molecular complexity index is 690. The maximum absolute atomic E-state index is 11.8. The van der Waals surface area contributed by atoms with Gasteiger partial charge in [-0.2, -0.15) is 20.6 Å². The van der Waals surface area contributed by atoms with Gasteiger partial charge >= 0.3 is 11.6 Å². The Kier molecular flexibility index (Phi) is 6.75. The molecule has 1 aromatic rings. The van der Waals surface area contributed by atoms with E-state index in [-0.39, 0.29) is 42.0 Å². The van der Waals surface area contributed by atoms with Gasteiger partial charge in [-0.15, -0.1) is 0 Å². The molecule has 0 atom stereocenters. The van der Waals surface area contributed by atoms with E-state index in [1.54, 1.807) is 4.90 Å².